The van der Waals surface area contributed by atoms with Crippen molar-refractivity contribution in [3.63, 3.8) is 0 Å². The first-order chi connectivity index (χ1) is 9.63. The molecule has 4 heteroatoms. The molecule has 0 amide bonds. The van der Waals surface area contributed by atoms with Crippen molar-refractivity contribution in [2.24, 2.45) is 0 Å². The van der Waals surface area contributed by atoms with E-state index < -0.39 is 5.60 Å². The highest BCUT2D eigenvalue weighted by Gasteiger charge is 2.32. The van der Waals surface area contributed by atoms with Gasteiger partial charge in [-0.25, -0.2) is 4.39 Å². The van der Waals surface area contributed by atoms with Gasteiger partial charge in [0.1, 0.15) is 11.4 Å². The lowest BCUT2D eigenvalue weighted by molar-refractivity contribution is 0.0244. The minimum atomic E-state index is -0.759. The van der Waals surface area contributed by atoms with Crippen molar-refractivity contribution in [2.75, 3.05) is 19.8 Å². The maximum atomic E-state index is 13.0. The summed E-state index contributed by atoms with van der Waals surface area (Å²) in [6.45, 7) is 3.68. The molecule has 0 spiro atoms. The molecular weight excluding hydrogens is 257 g/mol. The molecule has 20 heavy (non-hydrogen) atoms. The Kier molecular flexibility index (Phi) is 5.52. The second-order valence-corrected chi connectivity index (χ2v) is 5.65. The number of hydrogen-bond donors (Lipinski definition) is 2. The number of aliphatic hydroxyl groups is 1. The van der Waals surface area contributed by atoms with E-state index in [1.54, 1.807) is 0 Å². The van der Waals surface area contributed by atoms with Crippen molar-refractivity contribution in [3.05, 3.63) is 35.6 Å². The maximum Gasteiger partial charge on any atom is 0.123 e. The number of unbranched alkanes of at least 4 members (excludes halogenated alkanes) is 1. The zero-order valence-electron chi connectivity index (χ0n) is 12.1. The van der Waals surface area contributed by atoms with E-state index in [0.29, 0.717) is 26.2 Å². The van der Waals surface area contributed by atoms with E-state index in [4.69, 9.17) is 4.74 Å². The molecule has 2 N–H and O–H groups in total. The van der Waals surface area contributed by atoms with Gasteiger partial charge in [-0.1, -0.05) is 31.9 Å². The first-order valence-corrected chi connectivity index (χ1v) is 7.42. The van der Waals surface area contributed by atoms with Gasteiger partial charge in [-0.05, 0) is 24.1 Å². The van der Waals surface area contributed by atoms with Gasteiger partial charge < -0.3 is 15.2 Å². The van der Waals surface area contributed by atoms with Crippen LogP contribution in [0.25, 0.3) is 0 Å². The lowest BCUT2D eigenvalue weighted by atomic mass is 9.98. The van der Waals surface area contributed by atoms with E-state index in [0.717, 1.165) is 24.8 Å². The molecule has 2 rings (SSSR count). The Morgan fingerprint density at radius 1 is 1.40 bits per heavy atom. The molecule has 0 radical (unpaired) electrons. The van der Waals surface area contributed by atoms with E-state index in [9.17, 15) is 9.50 Å². The molecule has 2 unspecified atom stereocenters. The molecule has 1 aromatic carbocycles. The highest BCUT2D eigenvalue weighted by molar-refractivity contribution is 5.20. The third kappa shape index (κ3) is 4.27. The smallest absolute Gasteiger partial charge is 0.123 e. The number of hydrogen-bond acceptors (Lipinski definition) is 3. The van der Waals surface area contributed by atoms with E-state index in [1.807, 2.05) is 12.1 Å². The van der Waals surface area contributed by atoms with Gasteiger partial charge in [0.05, 0.1) is 6.61 Å². The van der Waals surface area contributed by atoms with Crippen LogP contribution in [0.2, 0.25) is 0 Å². The predicted octanol–water partition coefficient (Wildman–Crippen LogP) is 2.80. The Labute approximate surface area is 120 Å². The summed E-state index contributed by atoms with van der Waals surface area (Å²) in [6.07, 6.45) is 3.87. The Bertz CT molecular complexity index is 401. The van der Waals surface area contributed by atoms with Crippen LogP contribution in [-0.2, 0) is 4.74 Å². The molecule has 1 aliphatic rings. The average Bonchev–Trinajstić information content (AvgIpc) is 2.88. The van der Waals surface area contributed by atoms with Gasteiger partial charge in [0.25, 0.3) is 0 Å². The van der Waals surface area contributed by atoms with E-state index in [1.165, 1.54) is 12.1 Å². The number of nitrogens with one attached hydrogen (secondary N) is 1. The number of ether oxygens (including phenoxy) is 1. The SMILES string of the molecule is CCCCC(NCC1(O)CCOC1)c1ccc(F)cc1. The summed E-state index contributed by atoms with van der Waals surface area (Å²) in [5.74, 6) is -0.217. The Hall–Kier alpha value is -0.970. The zero-order chi connectivity index (χ0) is 14.4. The Balaban J connectivity index is 1.97. The van der Waals surface area contributed by atoms with Gasteiger partial charge in [-0.2, -0.15) is 0 Å². The summed E-state index contributed by atoms with van der Waals surface area (Å²) >= 11 is 0. The molecule has 1 saturated heterocycles. The fraction of sp³-hybridized carbons (Fsp3) is 0.625. The van der Waals surface area contributed by atoms with Gasteiger partial charge in [0.15, 0.2) is 0 Å². The summed E-state index contributed by atoms with van der Waals surface area (Å²) in [5, 5.41) is 13.7. The third-order valence-electron chi connectivity index (χ3n) is 3.88. The topological polar surface area (TPSA) is 41.5 Å². The fourth-order valence-electron chi connectivity index (χ4n) is 2.54. The molecule has 1 aromatic rings. The zero-order valence-corrected chi connectivity index (χ0v) is 12.1. The minimum absolute atomic E-state index is 0.153. The van der Waals surface area contributed by atoms with Crippen molar-refractivity contribution in [1.82, 2.24) is 5.32 Å². The lowest BCUT2D eigenvalue weighted by Crippen LogP contribution is -2.42. The quantitative estimate of drug-likeness (QED) is 0.807. The van der Waals surface area contributed by atoms with Crippen LogP contribution in [0.15, 0.2) is 24.3 Å². The molecule has 1 fully saturated rings. The van der Waals surface area contributed by atoms with Gasteiger partial charge >= 0.3 is 0 Å². The predicted molar refractivity (Wildman–Crippen MR) is 77.1 cm³/mol. The molecule has 2 atom stereocenters. The molecule has 0 aliphatic carbocycles. The molecule has 0 aromatic heterocycles. The van der Waals surface area contributed by atoms with Crippen molar-refractivity contribution >= 4 is 0 Å². The van der Waals surface area contributed by atoms with Crippen LogP contribution >= 0.6 is 0 Å². The van der Waals surface area contributed by atoms with Crippen molar-refractivity contribution < 1.29 is 14.2 Å². The van der Waals surface area contributed by atoms with Crippen molar-refractivity contribution in [2.45, 2.75) is 44.2 Å². The molecule has 0 bridgehead atoms. The van der Waals surface area contributed by atoms with Crippen LogP contribution in [0.5, 0.6) is 0 Å². The normalized spacial score (nSPS) is 23.9. The highest BCUT2D eigenvalue weighted by Crippen LogP contribution is 2.23. The molecule has 0 saturated carbocycles. The summed E-state index contributed by atoms with van der Waals surface area (Å²) in [5.41, 5.74) is 0.312. The van der Waals surface area contributed by atoms with Gasteiger partial charge in [0, 0.05) is 25.6 Å². The molecular formula is C16H24FNO2. The Morgan fingerprint density at radius 2 is 2.15 bits per heavy atom. The lowest BCUT2D eigenvalue weighted by Gasteiger charge is -2.26. The average molecular weight is 281 g/mol. The second kappa shape index (κ2) is 7.16. The van der Waals surface area contributed by atoms with Crippen LogP contribution in [0, 0.1) is 5.82 Å². The largest absolute Gasteiger partial charge is 0.386 e. The van der Waals surface area contributed by atoms with Crippen molar-refractivity contribution in [3.8, 4) is 0 Å². The van der Waals surface area contributed by atoms with E-state index in [-0.39, 0.29) is 11.9 Å². The van der Waals surface area contributed by atoms with E-state index >= 15 is 0 Å². The standard InChI is InChI=1S/C16H24FNO2/c1-2-3-4-15(13-5-7-14(17)8-6-13)18-11-16(19)9-10-20-12-16/h5-8,15,18-19H,2-4,9-12H2,1H3. The van der Waals surface area contributed by atoms with Crippen LogP contribution in [0.3, 0.4) is 0 Å². The summed E-state index contributed by atoms with van der Waals surface area (Å²) in [7, 11) is 0. The summed E-state index contributed by atoms with van der Waals surface area (Å²) < 4.78 is 18.3. The summed E-state index contributed by atoms with van der Waals surface area (Å²) in [4.78, 5) is 0. The first-order valence-electron chi connectivity index (χ1n) is 7.42. The highest BCUT2D eigenvalue weighted by atomic mass is 19.1. The molecule has 1 heterocycles. The second-order valence-electron chi connectivity index (χ2n) is 5.65. The van der Waals surface area contributed by atoms with Gasteiger partial charge in [-0.15, -0.1) is 0 Å². The maximum absolute atomic E-state index is 13.0. The molecule has 1 aliphatic heterocycles. The van der Waals surface area contributed by atoms with Crippen LogP contribution < -0.4 is 5.32 Å². The third-order valence-corrected chi connectivity index (χ3v) is 3.88. The van der Waals surface area contributed by atoms with Crippen LogP contribution in [0.4, 0.5) is 4.39 Å². The Morgan fingerprint density at radius 3 is 2.75 bits per heavy atom. The fourth-order valence-corrected chi connectivity index (χ4v) is 2.54. The van der Waals surface area contributed by atoms with Gasteiger partial charge in [-0.3, -0.25) is 0 Å². The number of rotatable bonds is 7. The first kappa shape index (κ1) is 15.4. The van der Waals surface area contributed by atoms with Crippen LogP contribution in [-0.4, -0.2) is 30.5 Å². The number of halogens is 1. The van der Waals surface area contributed by atoms with Crippen LogP contribution in [0.1, 0.15) is 44.2 Å². The minimum Gasteiger partial charge on any atom is -0.386 e. The number of benzene rings is 1. The van der Waals surface area contributed by atoms with Crippen molar-refractivity contribution in [1.29, 1.82) is 0 Å². The van der Waals surface area contributed by atoms with E-state index in [2.05, 4.69) is 12.2 Å². The molecule has 112 valence electrons. The van der Waals surface area contributed by atoms with Gasteiger partial charge in [0.2, 0.25) is 0 Å². The molecule has 3 nitrogen and oxygen atoms in total. The summed E-state index contributed by atoms with van der Waals surface area (Å²) in [6, 6.07) is 6.77. The monoisotopic (exact) mass is 281 g/mol.